The van der Waals surface area contributed by atoms with Crippen molar-refractivity contribution in [2.45, 2.75) is 4.90 Å². The van der Waals surface area contributed by atoms with Gasteiger partial charge in [0.1, 0.15) is 5.52 Å². The van der Waals surface area contributed by atoms with E-state index in [4.69, 9.17) is 4.42 Å². The molecule has 0 unspecified atom stereocenters. The molecular weight excluding hydrogens is 374 g/mol. The fourth-order valence-electron chi connectivity index (χ4n) is 2.48. The van der Waals surface area contributed by atoms with Crippen LogP contribution in [0.3, 0.4) is 0 Å². The lowest BCUT2D eigenvalue weighted by Crippen LogP contribution is -3.06. The van der Waals surface area contributed by atoms with Crippen molar-refractivity contribution >= 4 is 42.4 Å². The molecule has 26 heavy (non-hydrogen) atoms. The van der Waals surface area contributed by atoms with Gasteiger partial charge < -0.3 is 9.32 Å². The van der Waals surface area contributed by atoms with Crippen LogP contribution in [-0.4, -0.2) is 52.7 Å². The SMILES string of the molecule is C[NH+](C)CCN(C(=O)c1ccco1)c1nc2c(S(C)(=O)=O)cccc2s1. The average Bonchev–Trinajstić information content (AvgIpc) is 3.22. The number of fused-ring (bicyclic) bond motifs is 1. The molecule has 2 aromatic heterocycles. The van der Waals surface area contributed by atoms with E-state index in [9.17, 15) is 13.2 Å². The highest BCUT2D eigenvalue weighted by Gasteiger charge is 2.25. The van der Waals surface area contributed by atoms with Crippen LogP contribution in [0.4, 0.5) is 5.13 Å². The third-order valence-electron chi connectivity index (χ3n) is 3.81. The first-order chi connectivity index (χ1) is 12.3. The first kappa shape index (κ1) is 18.6. The molecule has 138 valence electrons. The van der Waals surface area contributed by atoms with E-state index in [-0.39, 0.29) is 16.6 Å². The van der Waals surface area contributed by atoms with Crippen molar-refractivity contribution in [1.82, 2.24) is 4.98 Å². The van der Waals surface area contributed by atoms with Gasteiger partial charge in [-0.2, -0.15) is 0 Å². The fraction of sp³-hybridized carbons (Fsp3) is 0.294. The Hall–Kier alpha value is -2.23. The number of carbonyl (C=O) groups excluding carboxylic acids is 1. The summed E-state index contributed by atoms with van der Waals surface area (Å²) in [6, 6.07) is 8.28. The first-order valence-corrected chi connectivity index (χ1v) is 10.7. The Kier molecular flexibility index (Phi) is 5.12. The Bertz CT molecular complexity index is 1020. The van der Waals surface area contributed by atoms with Crippen molar-refractivity contribution in [2.75, 3.05) is 38.3 Å². The molecule has 3 aromatic rings. The van der Waals surface area contributed by atoms with Gasteiger partial charge in [-0.05, 0) is 24.3 Å². The van der Waals surface area contributed by atoms with Crippen LogP contribution < -0.4 is 9.80 Å². The van der Waals surface area contributed by atoms with Crippen LogP contribution in [0.15, 0.2) is 45.9 Å². The summed E-state index contributed by atoms with van der Waals surface area (Å²) in [4.78, 5) is 20.2. The summed E-state index contributed by atoms with van der Waals surface area (Å²) < 4.78 is 30.0. The molecule has 2 heterocycles. The van der Waals surface area contributed by atoms with E-state index in [0.29, 0.717) is 23.7 Å². The van der Waals surface area contributed by atoms with E-state index in [0.717, 1.165) is 11.0 Å². The van der Waals surface area contributed by atoms with Gasteiger partial charge in [-0.15, -0.1) is 0 Å². The minimum Gasteiger partial charge on any atom is -0.459 e. The molecule has 0 saturated carbocycles. The molecule has 0 bridgehead atoms. The van der Waals surface area contributed by atoms with E-state index in [1.54, 1.807) is 29.2 Å². The number of hydrogen-bond acceptors (Lipinski definition) is 6. The summed E-state index contributed by atoms with van der Waals surface area (Å²) in [6.07, 6.45) is 2.60. The number of thiazole rings is 1. The van der Waals surface area contributed by atoms with Gasteiger partial charge in [-0.3, -0.25) is 9.69 Å². The molecule has 1 N–H and O–H groups in total. The van der Waals surface area contributed by atoms with E-state index in [2.05, 4.69) is 4.98 Å². The second-order valence-corrected chi connectivity index (χ2v) is 9.26. The van der Waals surface area contributed by atoms with Crippen LogP contribution in [-0.2, 0) is 9.84 Å². The molecule has 1 amide bonds. The second kappa shape index (κ2) is 7.18. The zero-order valence-corrected chi connectivity index (χ0v) is 16.4. The van der Waals surface area contributed by atoms with Crippen LogP contribution in [0.2, 0.25) is 0 Å². The minimum atomic E-state index is -3.41. The number of sulfone groups is 1. The smallest absolute Gasteiger partial charge is 0.295 e. The van der Waals surface area contributed by atoms with E-state index in [1.807, 2.05) is 14.1 Å². The number of benzene rings is 1. The number of amides is 1. The van der Waals surface area contributed by atoms with Crippen molar-refractivity contribution < 1.29 is 22.5 Å². The number of furan rings is 1. The van der Waals surface area contributed by atoms with Crippen LogP contribution in [0, 0.1) is 0 Å². The molecule has 0 saturated heterocycles. The Morgan fingerprint density at radius 2 is 2.04 bits per heavy atom. The molecule has 0 atom stereocenters. The van der Waals surface area contributed by atoms with Gasteiger partial charge in [-0.25, -0.2) is 13.4 Å². The highest BCUT2D eigenvalue weighted by atomic mass is 32.2. The Morgan fingerprint density at radius 1 is 1.27 bits per heavy atom. The number of aromatic nitrogens is 1. The zero-order valence-electron chi connectivity index (χ0n) is 14.7. The number of anilines is 1. The van der Waals surface area contributed by atoms with Crippen molar-refractivity contribution in [3.63, 3.8) is 0 Å². The molecule has 0 aliphatic heterocycles. The number of nitrogens with zero attached hydrogens (tertiary/aromatic N) is 2. The summed E-state index contributed by atoms with van der Waals surface area (Å²) in [5.74, 6) is -0.0717. The Labute approximate surface area is 155 Å². The average molecular weight is 394 g/mol. The second-order valence-electron chi connectivity index (χ2n) is 6.26. The quantitative estimate of drug-likeness (QED) is 0.676. The summed E-state index contributed by atoms with van der Waals surface area (Å²) in [7, 11) is 0.579. The minimum absolute atomic E-state index is 0.168. The topological polar surface area (TPSA) is 84.9 Å². The number of quaternary nitrogens is 1. The fourth-order valence-corrected chi connectivity index (χ4v) is 4.39. The van der Waals surface area contributed by atoms with Crippen LogP contribution in [0.25, 0.3) is 10.2 Å². The van der Waals surface area contributed by atoms with Gasteiger partial charge in [-0.1, -0.05) is 17.4 Å². The summed E-state index contributed by atoms with van der Waals surface area (Å²) in [6.45, 7) is 1.15. The third kappa shape index (κ3) is 3.79. The number of rotatable bonds is 6. The van der Waals surface area contributed by atoms with Crippen molar-refractivity contribution in [1.29, 1.82) is 0 Å². The first-order valence-electron chi connectivity index (χ1n) is 8.01. The molecular formula is C17H20N3O4S2+. The third-order valence-corrected chi connectivity index (χ3v) is 5.99. The molecule has 0 fully saturated rings. The number of likely N-dealkylation sites (N-methyl/N-ethyl adjacent to an activating group) is 1. The molecule has 1 aromatic carbocycles. The number of para-hydroxylation sites is 1. The van der Waals surface area contributed by atoms with Gasteiger partial charge in [0, 0.05) is 6.26 Å². The monoisotopic (exact) mass is 394 g/mol. The van der Waals surface area contributed by atoms with E-state index in [1.165, 1.54) is 28.6 Å². The largest absolute Gasteiger partial charge is 0.459 e. The summed E-state index contributed by atoms with van der Waals surface area (Å²) in [5.41, 5.74) is 0.393. The Morgan fingerprint density at radius 3 is 2.65 bits per heavy atom. The number of carbonyl (C=O) groups is 1. The van der Waals surface area contributed by atoms with Crippen LogP contribution in [0.1, 0.15) is 10.6 Å². The standard InChI is InChI=1S/C17H19N3O4S2/c1-19(2)9-10-20(16(21)12-6-5-11-24-12)17-18-15-13(25-17)7-4-8-14(15)26(3,22)23/h4-8,11H,9-10H2,1-3H3/p+1. The van der Waals surface area contributed by atoms with Gasteiger partial charge in [0.05, 0.1) is 43.0 Å². The molecule has 0 aliphatic carbocycles. The summed E-state index contributed by atoms with van der Waals surface area (Å²) in [5, 5.41) is 0.457. The highest BCUT2D eigenvalue weighted by Crippen LogP contribution is 2.33. The highest BCUT2D eigenvalue weighted by molar-refractivity contribution is 7.91. The lowest BCUT2D eigenvalue weighted by atomic mass is 10.3. The lowest BCUT2D eigenvalue weighted by molar-refractivity contribution is -0.856. The zero-order chi connectivity index (χ0) is 18.9. The Balaban J connectivity index is 2.07. The number of hydrogen-bond donors (Lipinski definition) is 1. The predicted octanol–water partition coefficient (Wildman–Crippen LogP) is 1.08. The predicted molar refractivity (Wildman–Crippen MR) is 101 cm³/mol. The molecule has 0 spiro atoms. The van der Waals surface area contributed by atoms with Crippen LogP contribution in [0.5, 0.6) is 0 Å². The molecule has 7 nitrogen and oxygen atoms in total. The molecule has 3 rings (SSSR count). The molecule has 9 heteroatoms. The maximum Gasteiger partial charge on any atom is 0.295 e. The van der Waals surface area contributed by atoms with Gasteiger partial charge in [0.25, 0.3) is 5.91 Å². The van der Waals surface area contributed by atoms with Gasteiger partial charge in [0.15, 0.2) is 20.7 Å². The van der Waals surface area contributed by atoms with Crippen LogP contribution >= 0.6 is 11.3 Å². The molecule has 0 radical (unpaired) electrons. The maximum atomic E-state index is 12.8. The van der Waals surface area contributed by atoms with E-state index < -0.39 is 9.84 Å². The van der Waals surface area contributed by atoms with Crippen molar-refractivity contribution in [3.05, 3.63) is 42.4 Å². The van der Waals surface area contributed by atoms with Crippen molar-refractivity contribution in [3.8, 4) is 0 Å². The van der Waals surface area contributed by atoms with Crippen molar-refractivity contribution in [2.24, 2.45) is 0 Å². The normalized spacial score (nSPS) is 12.0. The maximum absolute atomic E-state index is 12.8. The summed E-state index contributed by atoms with van der Waals surface area (Å²) >= 11 is 1.29. The van der Waals surface area contributed by atoms with E-state index >= 15 is 0 Å². The van der Waals surface area contributed by atoms with Gasteiger partial charge >= 0.3 is 0 Å². The van der Waals surface area contributed by atoms with Gasteiger partial charge in [0.2, 0.25) is 0 Å². The lowest BCUT2D eigenvalue weighted by Gasteiger charge is -2.19. The molecule has 0 aliphatic rings. The number of nitrogens with one attached hydrogen (secondary N) is 1.